The van der Waals surface area contributed by atoms with E-state index in [0.29, 0.717) is 38.5 Å². The van der Waals surface area contributed by atoms with Gasteiger partial charge in [0.1, 0.15) is 24.1 Å². The molecular formula is C33H31BrN2O5S. The van der Waals surface area contributed by atoms with E-state index in [0.717, 1.165) is 21.3 Å². The summed E-state index contributed by atoms with van der Waals surface area (Å²) in [4.78, 5) is 32.5. The van der Waals surface area contributed by atoms with Crippen LogP contribution in [0.1, 0.15) is 49.1 Å². The Morgan fingerprint density at radius 1 is 1.07 bits per heavy atom. The highest BCUT2D eigenvalue weighted by Gasteiger charge is 2.35. The average molecular weight is 648 g/mol. The number of aromatic nitrogens is 1. The van der Waals surface area contributed by atoms with Crippen molar-refractivity contribution in [1.82, 2.24) is 4.57 Å². The van der Waals surface area contributed by atoms with Crippen LogP contribution in [0.25, 0.3) is 6.08 Å². The molecule has 0 amide bonds. The number of rotatable bonds is 8. The maximum atomic E-state index is 14.0. The van der Waals surface area contributed by atoms with Crippen LogP contribution in [0.2, 0.25) is 0 Å². The molecule has 0 saturated carbocycles. The molecule has 1 aliphatic rings. The van der Waals surface area contributed by atoms with Gasteiger partial charge in [-0.2, -0.15) is 0 Å². The number of hydrogen-bond donors (Lipinski definition) is 0. The van der Waals surface area contributed by atoms with Crippen LogP contribution in [0.3, 0.4) is 0 Å². The van der Waals surface area contributed by atoms with Crippen LogP contribution in [0.5, 0.6) is 11.5 Å². The third-order valence-corrected chi connectivity index (χ3v) is 8.25. The SMILES string of the molecule is COc1ccc(Br)cc1[C@@H]1C(C(=O)OC(C)C)=C(C)N=c2s/c(=C\c3ccc(OCc4ccc(C)cc4)cc3)c(=O)n21. The van der Waals surface area contributed by atoms with Gasteiger partial charge in [-0.3, -0.25) is 9.36 Å². The zero-order chi connectivity index (χ0) is 30.0. The lowest BCUT2D eigenvalue weighted by molar-refractivity contribution is -0.143. The van der Waals surface area contributed by atoms with Crippen LogP contribution >= 0.6 is 27.3 Å². The lowest BCUT2D eigenvalue weighted by Crippen LogP contribution is -2.40. The van der Waals surface area contributed by atoms with Gasteiger partial charge in [0, 0.05) is 10.0 Å². The van der Waals surface area contributed by atoms with Gasteiger partial charge in [0.2, 0.25) is 0 Å². The first-order valence-corrected chi connectivity index (χ1v) is 15.1. The van der Waals surface area contributed by atoms with Crippen LogP contribution < -0.4 is 24.4 Å². The van der Waals surface area contributed by atoms with Gasteiger partial charge >= 0.3 is 5.97 Å². The van der Waals surface area contributed by atoms with Crippen LogP contribution in [0, 0.1) is 6.92 Å². The third-order valence-electron chi connectivity index (χ3n) is 6.77. The van der Waals surface area contributed by atoms with Crippen molar-refractivity contribution in [2.75, 3.05) is 7.11 Å². The summed E-state index contributed by atoms with van der Waals surface area (Å²) in [5.41, 5.74) is 4.33. The molecule has 0 aliphatic carbocycles. The molecule has 0 N–H and O–H groups in total. The fourth-order valence-corrected chi connectivity index (χ4v) is 6.16. The molecule has 216 valence electrons. The molecule has 9 heteroatoms. The standard InChI is InChI=1S/C33H31BrN2O5S/c1-19(2)41-32(38)29-21(4)35-33-36(30(29)26-17-24(34)12-15-27(26)39-5)31(37)28(42-33)16-22-10-13-25(14-11-22)40-18-23-8-6-20(3)7-9-23/h6-17,19,30H,18H2,1-5H3/b28-16-/t30-/m1/s1. The predicted octanol–water partition coefficient (Wildman–Crippen LogP) is 5.85. The van der Waals surface area contributed by atoms with Gasteiger partial charge in [-0.15, -0.1) is 0 Å². The molecule has 5 rings (SSSR count). The summed E-state index contributed by atoms with van der Waals surface area (Å²) in [6, 6.07) is 20.6. The minimum Gasteiger partial charge on any atom is -0.496 e. The summed E-state index contributed by atoms with van der Waals surface area (Å²) >= 11 is 4.81. The number of ether oxygens (including phenoxy) is 3. The van der Waals surface area contributed by atoms with Crippen molar-refractivity contribution in [2.45, 2.75) is 46.4 Å². The number of carbonyl (C=O) groups excluding carboxylic acids is 1. The van der Waals surface area contributed by atoms with E-state index in [4.69, 9.17) is 14.2 Å². The highest BCUT2D eigenvalue weighted by Crippen LogP contribution is 2.37. The summed E-state index contributed by atoms with van der Waals surface area (Å²) in [6.45, 7) is 7.87. The quantitative estimate of drug-likeness (QED) is 0.225. The number of hydrogen-bond acceptors (Lipinski definition) is 7. The topological polar surface area (TPSA) is 79.1 Å². The molecular weight excluding hydrogens is 616 g/mol. The minimum absolute atomic E-state index is 0.257. The average Bonchev–Trinajstić information content (AvgIpc) is 3.26. The molecule has 3 aromatic carbocycles. The molecule has 0 unspecified atom stereocenters. The Kier molecular flexibility index (Phi) is 8.80. The van der Waals surface area contributed by atoms with Gasteiger partial charge in [0.05, 0.1) is 29.0 Å². The molecule has 1 atom stereocenters. The molecule has 0 bridgehead atoms. The van der Waals surface area contributed by atoms with Crippen molar-refractivity contribution in [3.8, 4) is 11.5 Å². The Balaban J connectivity index is 1.53. The van der Waals surface area contributed by atoms with Crippen molar-refractivity contribution >= 4 is 39.3 Å². The van der Waals surface area contributed by atoms with Gasteiger partial charge in [-0.05, 0) is 75.2 Å². The first-order chi connectivity index (χ1) is 20.1. The van der Waals surface area contributed by atoms with Crippen molar-refractivity contribution in [3.63, 3.8) is 0 Å². The normalized spacial score (nSPS) is 14.9. The number of nitrogens with zero attached hydrogens (tertiary/aromatic N) is 2. The Hall–Kier alpha value is -3.95. The van der Waals surface area contributed by atoms with Crippen LogP contribution in [0.4, 0.5) is 0 Å². The third kappa shape index (κ3) is 6.27. The molecule has 42 heavy (non-hydrogen) atoms. The Morgan fingerprint density at radius 3 is 2.45 bits per heavy atom. The monoisotopic (exact) mass is 646 g/mol. The highest BCUT2D eigenvalue weighted by molar-refractivity contribution is 9.10. The first kappa shape index (κ1) is 29.5. The number of esters is 1. The second-order valence-corrected chi connectivity index (χ2v) is 12.2. The second kappa shape index (κ2) is 12.5. The molecule has 0 spiro atoms. The van der Waals surface area contributed by atoms with Gasteiger partial charge in [0.25, 0.3) is 5.56 Å². The molecule has 0 fully saturated rings. The Bertz CT molecular complexity index is 1840. The van der Waals surface area contributed by atoms with E-state index in [1.807, 2.05) is 42.5 Å². The highest BCUT2D eigenvalue weighted by atomic mass is 79.9. The molecule has 2 heterocycles. The lowest BCUT2D eigenvalue weighted by Gasteiger charge is -2.26. The van der Waals surface area contributed by atoms with Crippen molar-refractivity contribution < 1.29 is 19.0 Å². The van der Waals surface area contributed by atoms with E-state index >= 15 is 0 Å². The number of fused-ring (bicyclic) bond motifs is 1. The molecule has 0 saturated heterocycles. The van der Waals surface area contributed by atoms with Crippen molar-refractivity contribution in [2.24, 2.45) is 4.99 Å². The smallest absolute Gasteiger partial charge is 0.338 e. The van der Waals surface area contributed by atoms with Crippen molar-refractivity contribution in [3.05, 3.63) is 124 Å². The number of carbonyl (C=O) groups is 1. The summed E-state index contributed by atoms with van der Waals surface area (Å²) in [5, 5.41) is 0. The maximum Gasteiger partial charge on any atom is 0.338 e. The van der Waals surface area contributed by atoms with E-state index in [2.05, 4.69) is 52.1 Å². The van der Waals surface area contributed by atoms with Gasteiger partial charge in [-0.25, -0.2) is 9.79 Å². The number of methoxy groups -OCH3 is 1. The van der Waals surface area contributed by atoms with Gasteiger partial charge in [0.15, 0.2) is 4.80 Å². The molecule has 0 radical (unpaired) electrons. The van der Waals surface area contributed by atoms with Crippen LogP contribution in [0.15, 0.2) is 92.3 Å². The predicted molar refractivity (Wildman–Crippen MR) is 168 cm³/mol. The van der Waals surface area contributed by atoms with Crippen LogP contribution in [-0.4, -0.2) is 23.8 Å². The molecule has 1 aliphatic heterocycles. The van der Waals surface area contributed by atoms with E-state index in [9.17, 15) is 9.59 Å². The van der Waals surface area contributed by atoms with E-state index in [1.54, 1.807) is 38.5 Å². The number of halogens is 1. The first-order valence-electron chi connectivity index (χ1n) is 13.5. The summed E-state index contributed by atoms with van der Waals surface area (Å²) in [5.74, 6) is 0.761. The number of aryl methyl sites for hydroxylation is 1. The van der Waals surface area contributed by atoms with Crippen LogP contribution in [-0.2, 0) is 16.1 Å². The Morgan fingerprint density at radius 2 is 1.79 bits per heavy atom. The molecule has 7 nitrogen and oxygen atoms in total. The number of allylic oxidation sites excluding steroid dienone is 1. The number of benzene rings is 3. The van der Waals surface area contributed by atoms with E-state index < -0.39 is 12.0 Å². The van der Waals surface area contributed by atoms with E-state index in [1.165, 1.54) is 16.9 Å². The fraction of sp³-hybridized carbons (Fsp3) is 0.242. The lowest BCUT2D eigenvalue weighted by atomic mass is 9.95. The molecule has 1 aromatic heterocycles. The zero-order valence-electron chi connectivity index (χ0n) is 24.0. The fourth-order valence-electron chi connectivity index (χ4n) is 4.74. The summed E-state index contributed by atoms with van der Waals surface area (Å²) in [7, 11) is 1.56. The van der Waals surface area contributed by atoms with Gasteiger partial charge in [-0.1, -0.05) is 69.2 Å². The van der Waals surface area contributed by atoms with Gasteiger partial charge < -0.3 is 14.2 Å². The number of thiazole rings is 1. The minimum atomic E-state index is -0.778. The maximum absolute atomic E-state index is 14.0. The Labute approximate surface area is 256 Å². The summed E-state index contributed by atoms with van der Waals surface area (Å²) < 4.78 is 20.0. The molecule has 4 aromatic rings. The largest absolute Gasteiger partial charge is 0.496 e. The van der Waals surface area contributed by atoms with E-state index in [-0.39, 0.29) is 11.7 Å². The second-order valence-electron chi connectivity index (χ2n) is 10.3. The zero-order valence-corrected chi connectivity index (χ0v) is 26.4. The summed E-state index contributed by atoms with van der Waals surface area (Å²) in [6.07, 6.45) is 1.49. The van der Waals surface area contributed by atoms with Crippen molar-refractivity contribution in [1.29, 1.82) is 0 Å².